The quantitative estimate of drug-likeness (QED) is 0.209. The van der Waals surface area contributed by atoms with Gasteiger partial charge in [0.15, 0.2) is 5.82 Å². The largest absolute Gasteiger partial charge is 0.491 e. The van der Waals surface area contributed by atoms with Gasteiger partial charge in [-0.1, -0.05) is 70.2 Å². The van der Waals surface area contributed by atoms with Crippen LogP contribution in [0.2, 0.25) is 0 Å². The molecule has 4 N–H and O–H groups in total. The summed E-state index contributed by atoms with van der Waals surface area (Å²) in [5.41, 5.74) is 1.82. The molecule has 2 aromatic carbocycles. The summed E-state index contributed by atoms with van der Waals surface area (Å²) in [6.07, 6.45) is 1.98. The first kappa shape index (κ1) is 40.1. The third-order valence-corrected chi connectivity index (χ3v) is 10.9. The van der Waals surface area contributed by atoms with E-state index in [1.807, 2.05) is 44.2 Å². The molecule has 16 heteroatoms. The normalized spacial score (nSPS) is 20.6. The molecule has 0 unspecified atom stereocenters. The number of hydrogen-bond acceptors (Lipinski definition) is 9. The fourth-order valence-corrected chi connectivity index (χ4v) is 7.81. The highest BCUT2D eigenvalue weighted by Gasteiger charge is 2.34. The number of nitrogens with one attached hydrogen (secondary N) is 4. The first-order valence-corrected chi connectivity index (χ1v) is 19.7. The Kier molecular flexibility index (Phi) is 12.9. The van der Waals surface area contributed by atoms with Crippen molar-refractivity contribution in [2.75, 3.05) is 6.61 Å². The summed E-state index contributed by atoms with van der Waals surface area (Å²) in [7, 11) is -2.60. The lowest BCUT2D eigenvalue weighted by Crippen LogP contribution is -2.55. The summed E-state index contributed by atoms with van der Waals surface area (Å²) in [6.45, 7) is 11.4. The van der Waals surface area contributed by atoms with E-state index in [1.54, 1.807) is 45.2 Å². The van der Waals surface area contributed by atoms with E-state index in [-0.39, 0.29) is 54.7 Å². The van der Waals surface area contributed by atoms with Crippen LogP contribution in [0.3, 0.4) is 0 Å². The standard InChI is InChI=1S/C38H51N9O6S/c1-23(2)17-29-22-53-30-15-13-28(14-16-30)19-32(45-54(51,52)33-20-39-46(7)25(33)5)38(50)42-31(18-27-11-9-8-10-12-27)37(49)43-35(24(3)4)36-40-26(6)44-47(36)21-34(48)41-29/h8-16,20,23-24,29,31-32,35,45H,17-19,21-22H2,1-7H3,(H,41,48)(H,42,50)(H,43,49)/t29-,31-,32-,35-/m0/s1. The number of nitrogens with zero attached hydrogens (tertiary/aromatic N) is 5. The van der Waals surface area contributed by atoms with Crippen molar-refractivity contribution >= 4 is 27.7 Å². The van der Waals surface area contributed by atoms with Crippen LogP contribution in [0.5, 0.6) is 5.75 Å². The number of fused-ring (bicyclic) bond motifs is 14. The van der Waals surface area contributed by atoms with Gasteiger partial charge >= 0.3 is 0 Å². The van der Waals surface area contributed by atoms with E-state index in [2.05, 4.69) is 49.7 Å². The second kappa shape index (κ2) is 17.4. The molecule has 3 amide bonds. The molecule has 2 aromatic heterocycles. The summed E-state index contributed by atoms with van der Waals surface area (Å²) >= 11 is 0. The van der Waals surface area contributed by atoms with Crippen LogP contribution in [0, 0.1) is 25.7 Å². The van der Waals surface area contributed by atoms with Crippen molar-refractivity contribution in [1.29, 1.82) is 0 Å². The van der Waals surface area contributed by atoms with E-state index in [0.717, 1.165) is 5.56 Å². The minimum atomic E-state index is -4.23. The highest BCUT2D eigenvalue weighted by Crippen LogP contribution is 2.22. The number of aryl methyl sites for hydroxylation is 2. The lowest BCUT2D eigenvalue weighted by molar-refractivity contribution is -0.130. The zero-order valence-corrected chi connectivity index (χ0v) is 32.7. The summed E-state index contributed by atoms with van der Waals surface area (Å²) in [5, 5.41) is 17.6. The smallest absolute Gasteiger partial charge is 0.244 e. The molecular formula is C38H51N9O6S. The Labute approximate surface area is 316 Å². The van der Waals surface area contributed by atoms with Crippen molar-refractivity contribution < 1.29 is 27.5 Å². The summed E-state index contributed by atoms with van der Waals surface area (Å²) in [4.78, 5) is 46.6. The van der Waals surface area contributed by atoms with E-state index in [4.69, 9.17) is 4.74 Å². The van der Waals surface area contributed by atoms with Crippen LogP contribution < -0.4 is 25.4 Å². The number of carbonyl (C=O) groups excluding carboxylic acids is 3. The number of sulfonamides is 1. The molecule has 4 atom stereocenters. The average Bonchev–Trinajstić information content (AvgIpc) is 3.65. The Morgan fingerprint density at radius 3 is 2.28 bits per heavy atom. The summed E-state index contributed by atoms with van der Waals surface area (Å²) in [5.74, 6) is -0.0665. The van der Waals surface area contributed by atoms with Crippen LogP contribution in [-0.2, 0) is 50.8 Å². The van der Waals surface area contributed by atoms with Gasteiger partial charge in [0.05, 0.1) is 24.0 Å². The van der Waals surface area contributed by atoms with Crippen molar-refractivity contribution in [2.45, 2.75) is 96.4 Å². The maximum atomic E-state index is 14.3. The molecule has 54 heavy (non-hydrogen) atoms. The minimum Gasteiger partial charge on any atom is -0.491 e. The van der Waals surface area contributed by atoms with Gasteiger partial charge in [0.1, 0.15) is 41.7 Å². The van der Waals surface area contributed by atoms with Crippen molar-refractivity contribution in [1.82, 2.24) is 45.2 Å². The van der Waals surface area contributed by atoms with Crippen molar-refractivity contribution in [3.05, 3.63) is 89.3 Å². The van der Waals surface area contributed by atoms with Gasteiger partial charge in [0.25, 0.3) is 0 Å². The number of amides is 3. The van der Waals surface area contributed by atoms with E-state index in [9.17, 15) is 22.8 Å². The van der Waals surface area contributed by atoms with Gasteiger partial charge in [0.2, 0.25) is 27.7 Å². The first-order valence-electron chi connectivity index (χ1n) is 18.2. The van der Waals surface area contributed by atoms with Crippen LogP contribution in [0.15, 0.2) is 65.7 Å². The Hall–Kier alpha value is -5.09. The Morgan fingerprint density at radius 2 is 1.65 bits per heavy atom. The number of rotatable bonds is 8. The Morgan fingerprint density at radius 1 is 0.944 bits per heavy atom. The molecule has 0 saturated carbocycles. The van der Waals surface area contributed by atoms with Gasteiger partial charge in [-0.2, -0.15) is 14.9 Å². The maximum absolute atomic E-state index is 14.3. The van der Waals surface area contributed by atoms with Crippen LogP contribution in [0.25, 0.3) is 0 Å². The molecule has 0 radical (unpaired) electrons. The fourth-order valence-electron chi connectivity index (χ4n) is 6.42. The van der Waals surface area contributed by atoms with Crippen LogP contribution in [0.4, 0.5) is 0 Å². The van der Waals surface area contributed by atoms with Gasteiger partial charge in [-0.25, -0.2) is 18.1 Å². The van der Waals surface area contributed by atoms with Gasteiger partial charge in [-0.05, 0) is 61.8 Å². The molecule has 0 fully saturated rings. The number of carbonyl (C=O) groups is 3. The van der Waals surface area contributed by atoms with Gasteiger partial charge in [-0.15, -0.1) is 0 Å². The molecule has 2 bridgehead atoms. The number of ether oxygens (including phenoxy) is 1. The van der Waals surface area contributed by atoms with Crippen LogP contribution in [-0.4, -0.2) is 75.4 Å². The summed E-state index contributed by atoms with van der Waals surface area (Å²) in [6, 6.07) is 12.8. The monoisotopic (exact) mass is 761 g/mol. The van der Waals surface area contributed by atoms with E-state index < -0.39 is 40.0 Å². The molecule has 4 heterocycles. The fraction of sp³-hybridized carbons (Fsp3) is 0.474. The molecule has 4 aromatic rings. The highest BCUT2D eigenvalue weighted by atomic mass is 32.2. The SMILES string of the molecule is Cc1nc2n(n1)CC(=O)N[C@@H](CC(C)C)COc1ccc(cc1)C[C@H](NS(=O)(=O)c1cnn(C)c1C)C(=O)N[C@@H](Cc1ccccc1)C(=O)N[C@H]2C(C)C. The topological polar surface area (TPSA) is 191 Å². The zero-order chi connectivity index (χ0) is 39.2. The van der Waals surface area contributed by atoms with Crippen molar-refractivity contribution in [3.63, 3.8) is 0 Å². The third-order valence-electron chi connectivity index (χ3n) is 9.29. The van der Waals surface area contributed by atoms with Crippen molar-refractivity contribution in [3.8, 4) is 5.75 Å². The molecule has 2 aliphatic heterocycles. The second-order valence-electron chi connectivity index (χ2n) is 14.6. The van der Waals surface area contributed by atoms with Gasteiger partial charge in [0, 0.05) is 13.5 Å². The molecule has 290 valence electrons. The molecule has 0 spiro atoms. The molecule has 0 saturated heterocycles. The van der Waals surface area contributed by atoms with Crippen LogP contribution in [0.1, 0.15) is 68.6 Å². The van der Waals surface area contributed by atoms with Gasteiger partial charge in [-0.3, -0.25) is 19.1 Å². The number of hydrogen-bond donors (Lipinski definition) is 4. The van der Waals surface area contributed by atoms with Crippen molar-refractivity contribution in [2.24, 2.45) is 18.9 Å². The molecule has 0 aliphatic carbocycles. The van der Waals surface area contributed by atoms with E-state index >= 15 is 0 Å². The maximum Gasteiger partial charge on any atom is 0.244 e. The lowest BCUT2D eigenvalue weighted by atomic mass is 10.00. The van der Waals surface area contributed by atoms with E-state index in [0.29, 0.717) is 35.1 Å². The highest BCUT2D eigenvalue weighted by molar-refractivity contribution is 7.89. The predicted molar refractivity (Wildman–Crippen MR) is 202 cm³/mol. The molecule has 2 aliphatic rings. The molecule has 15 nitrogen and oxygen atoms in total. The average molecular weight is 762 g/mol. The lowest BCUT2D eigenvalue weighted by Gasteiger charge is -2.27. The predicted octanol–water partition coefficient (Wildman–Crippen LogP) is 2.68. The molecule has 6 rings (SSSR count). The Bertz CT molecular complexity index is 2030. The third kappa shape index (κ3) is 10.3. The van der Waals surface area contributed by atoms with Crippen LogP contribution >= 0.6 is 0 Å². The number of benzene rings is 2. The van der Waals surface area contributed by atoms with E-state index in [1.165, 1.54) is 15.6 Å². The second-order valence-corrected chi connectivity index (χ2v) is 16.3. The summed E-state index contributed by atoms with van der Waals surface area (Å²) < 4.78 is 39.1. The number of aromatic nitrogens is 5. The molecular weight excluding hydrogens is 711 g/mol. The Balaban J connectivity index is 1.56. The minimum absolute atomic E-state index is 0.0344. The van der Waals surface area contributed by atoms with Gasteiger partial charge < -0.3 is 20.7 Å². The zero-order valence-electron chi connectivity index (χ0n) is 31.9. The first-order chi connectivity index (χ1) is 25.6.